The topological polar surface area (TPSA) is 37.3 Å². The maximum atomic E-state index is 11.3. The third kappa shape index (κ3) is 2.76. The van der Waals surface area contributed by atoms with E-state index in [9.17, 15) is 18.0 Å². The van der Waals surface area contributed by atoms with E-state index in [1.54, 1.807) is 0 Å². The number of alkyl halides is 3. The van der Waals surface area contributed by atoms with Crippen LogP contribution in [0.3, 0.4) is 0 Å². The summed E-state index contributed by atoms with van der Waals surface area (Å²) in [6.07, 6.45) is -6.47. The molecule has 76 valence electrons. The van der Waals surface area contributed by atoms with Crippen LogP contribution in [-0.2, 0) is 4.79 Å². The van der Waals surface area contributed by atoms with E-state index in [0.717, 1.165) is 0 Å². The first-order valence-electron chi connectivity index (χ1n) is 3.78. The van der Waals surface area contributed by atoms with Gasteiger partial charge in [-0.2, -0.15) is 0 Å². The van der Waals surface area contributed by atoms with Gasteiger partial charge >= 0.3 is 5.97 Å². The first-order valence-corrected chi connectivity index (χ1v) is 3.78. The largest absolute Gasteiger partial charge is 0.479 e. The number of benzene rings is 1. The number of aliphatic carboxylic acids is 1. The molecule has 0 fully saturated rings. The highest BCUT2D eigenvalue weighted by Crippen LogP contribution is 2.32. The number of hydrogen-bond acceptors (Lipinski definition) is 1. The highest BCUT2D eigenvalue weighted by Gasteiger charge is 2.26. The van der Waals surface area contributed by atoms with Gasteiger partial charge in [-0.3, -0.25) is 0 Å². The molecule has 2 nitrogen and oxygen atoms in total. The van der Waals surface area contributed by atoms with Crippen molar-refractivity contribution >= 4 is 5.97 Å². The van der Waals surface area contributed by atoms with Gasteiger partial charge in [0.15, 0.2) is 0 Å². The van der Waals surface area contributed by atoms with Crippen LogP contribution in [0.1, 0.15) is 0 Å². The lowest BCUT2D eigenvalue weighted by atomic mass is 10.4. The van der Waals surface area contributed by atoms with Gasteiger partial charge in [-0.05, 0) is 17.2 Å². The zero-order valence-electron chi connectivity index (χ0n) is 6.95. The van der Waals surface area contributed by atoms with Gasteiger partial charge in [0.1, 0.15) is 0 Å². The molecule has 2 aliphatic rings. The van der Waals surface area contributed by atoms with Crippen LogP contribution in [0.5, 0.6) is 0 Å². The first-order chi connectivity index (χ1) is 6.52. The highest BCUT2D eigenvalue weighted by molar-refractivity contribution is 5.80. The zero-order chi connectivity index (χ0) is 10.7. The molecule has 14 heavy (non-hydrogen) atoms. The number of carboxylic acid groups (broad SMARTS) is 1. The van der Waals surface area contributed by atoms with Crippen LogP contribution >= 0.6 is 0 Å². The van der Waals surface area contributed by atoms with Crippen LogP contribution in [-0.4, -0.2) is 23.7 Å². The van der Waals surface area contributed by atoms with Crippen LogP contribution in [0.2, 0.25) is 0 Å². The second-order valence-electron chi connectivity index (χ2n) is 2.66. The average molecular weight is 204 g/mol. The predicted molar refractivity (Wildman–Crippen MR) is 44.0 cm³/mol. The molecule has 0 aromatic carbocycles. The summed E-state index contributed by atoms with van der Waals surface area (Å²) < 4.78 is 33.1. The van der Waals surface area contributed by atoms with Crippen LogP contribution in [0.25, 0.3) is 11.1 Å². The smallest absolute Gasteiger partial charge is 0.344 e. The summed E-state index contributed by atoms with van der Waals surface area (Å²) in [6, 6.07) is 8.48. The normalized spacial score (nSPS) is 12.9. The van der Waals surface area contributed by atoms with E-state index in [2.05, 4.69) is 24.3 Å². The van der Waals surface area contributed by atoms with Gasteiger partial charge in [0, 0.05) is 0 Å². The molecule has 2 aliphatic carbocycles. The van der Waals surface area contributed by atoms with E-state index in [0.29, 0.717) is 0 Å². The van der Waals surface area contributed by atoms with Crippen molar-refractivity contribution < 1.29 is 23.1 Å². The average Bonchev–Trinajstić information content (AvgIpc) is 2.73. The molecule has 0 aromatic rings. The van der Waals surface area contributed by atoms with Crippen molar-refractivity contribution in [1.29, 1.82) is 0 Å². The lowest BCUT2D eigenvalue weighted by molar-refractivity contribution is -0.148. The Labute approximate surface area is 78.0 Å². The summed E-state index contributed by atoms with van der Waals surface area (Å²) in [6.45, 7) is 0. The van der Waals surface area contributed by atoms with Gasteiger partial charge in [0.2, 0.25) is 0 Å². The van der Waals surface area contributed by atoms with E-state index in [1.165, 1.54) is 11.1 Å². The van der Waals surface area contributed by atoms with Crippen LogP contribution in [0, 0.1) is 0 Å². The molecule has 0 spiro atoms. The molecule has 0 aliphatic heterocycles. The lowest BCUT2D eigenvalue weighted by Gasteiger charge is -1.96. The Morgan fingerprint density at radius 1 is 1.21 bits per heavy atom. The maximum absolute atomic E-state index is 11.3. The molecule has 1 atom stereocenters. The summed E-state index contributed by atoms with van der Waals surface area (Å²) >= 11 is 0. The van der Waals surface area contributed by atoms with Crippen molar-refractivity contribution in [2.24, 2.45) is 0 Å². The molecule has 0 saturated carbocycles. The summed E-state index contributed by atoms with van der Waals surface area (Å²) in [5.41, 5.74) is 2.85. The quantitative estimate of drug-likeness (QED) is 0.815. The Kier molecular flexibility index (Phi) is 3.11. The monoisotopic (exact) mass is 204 g/mol. The molecule has 0 radical (unpaired) electrons. The number of carbonyl (C=O) groups is 1. The Morgan fingerprint density at radius 3 is 1.79 bits per heavy atom. The molecule has 0 amide bonds. The molecule has 5 heteroatoms. The van der Waals surface area contributed by atoms with Crippen molar-refractivity contribution in [3.63, 3.8) is 0 Å². The van der Waals surface area contributed by atoms with Gasteiger partial charge in [0.25, 0.3) is 12.6 Å². The minimum absolute atomic E-state index is 1.43. The van der Waals surface area contributed by atoms with Crippen LogP contribution < -0.4 is 0 Å². The number of halogens is 3. The van der Waals surface area contributed by atoms with Gasteiger partial charge in [0.05, 0.1) is 0 Å². The Morgan fingerprint density at radius 2 is 1.71 bits per heavy atom. The minimum Gasteiger partial charge on any atom is -0.479 e. The fraction of sp³-hybridized carbons (Fsp3) is 0.222. The fourth-order valence-corrected chi connectivity index (χ4v) is 0.783. The van der Waals surface area contributed by atoms with Crippen molar-refractivity contribution in [3.05, 3.63) is 24.3 Å². The van der Waals surface area contributed by atoms with Crippen molar-refractivity contribution in [2.45, 2.75) is 12.6 Å². The van der Waals surface area contributed by atoms with Gasteiger partial charge < -0.3 is 5.11 Å². The minimum atomic E-state index is -3.42. The Balaban J connectivity index is 0.000000143. The van der Waals surface area contributed by atoms with Gasteiger partial charge in [-0.1, -0.05) is 18.2 Å². The summed E-state index contributed by atoms with van der Waals surface area (Å²) in [7, 11) is 0. The third-order valence-corrected chi connectivity index (χ3v) is 1.57. The summed E-state index contributed by atoms with van der Waals surface area (Å²) in [5, 5.41) is 7.50. The lowest BCUT2D eigenvalue weighted by Crippen LogP contribution is -2.22. The van der Waals surface area contributed by atoms with Crippen molar-refractivity contribution in [1.82, 2.24) is 0 Å². The Bertz CT molecular complexity index is 321. The Hall–Kier alpha value is -1.52. The molecular formula is C9H7F3O2. The predicted octanol–water partition coefficient (Wildman–Crippen LogP) is 2.34. The summed E-state index contributed by atoms with van der Waals surface area (Å²) in [5.74, 6) is -2.12. The molecular weight excluding hydrogens is 197 g/mol. The zero-order valence-corrected chi connectivity index (χ0v) is 6.95. The van der Waals surface area contributed by atoms with Crippen molar-refractivity contribution in [2.75, 3.05) is 0 Å². The SMILES string of the molecule is O=C(O)C(F)C(F)F.c1cc2cc-2c1. The number of rotatable bonds is 2. The third-order valence-electron chi connectivity index (χ3n) is 1.57. The fourth-order valence-electron chi connectivity index (χ4n) is 0.783. The molecule has 2 rings (SSSR count). The van der Waals surface area contributed by atoms with E-state index in [4.69, 9.17) is 5.11 Å². The number of hydrogen-bond donors (Lipinski definition) is 1. The summed E-state index contributed by atoms with van der Waals surface area (Å²) in [4.78, 5) is 9.29. The van der Waals surface area contributed by atoms with E-state index in [-0.39, 0.29) is 0 Å². The molecule has 0 bridgehead atoms. The van der Waals surface area contributed by atoms with Crippen LogP contribution in [0.4, 0.5) is 13.2 Å². The molecule has 0 saturated heterocycles. The highest BCUT2D eigenvalue weighted by atomic mass is 19.3. The van der Waals surface area contributed by atoms with E-state index < -0.39 is 18.6 Å². The molecule has 0 heterocycles. The number of fused-ring (bicyclic) bond motifs is 1. The van der Waals surface area contributed by atoms with Gasteiger partial charge in [-0.15, -0.1) is 0 Å². The standard InChI is InChI=1S/C6H4.C3H3F3O2/c1-2-5-4-6(5)3-1;4-1(2(5)6)3(7)8/h1-4H;1-2H,(H,7,8). The second-order valence-corrected chi connectivity index (χ2v) is 2.66. The van der Waals surface area contributed by atoms with E-state index >= 15 is 0 Å². The maximum Gasteiger partial charge on any atom is 0.344 e. The van der Waals surface area contributed by atoms with E-state index in [1.807, 2.05) is 0 Å². The second kappa shape index (κ2) is 4.13. The van der Waals surface area contributed by atoms with Gasteiger partial charge in [-0.25, -0.2) is 18.0 Å². The van der Waals surface area contributed by atoms with Crippen LogP contribution in [0.15, 0.2) is 24.3 Å². The first kappa shape index (κ1) is 10.6. The molecule has 1 N–H and O–H groups in total. The number of carboxylic acids is 1. The van der Waals surface area contributed by atoms with Crippen molar-refractivity contribution in [3.8, 4) is 11.1 Å². The molecule has 0 aromatic heterocycles. The molecule has 1 unspecified atom stereocenters.